The van der Waals surface area contributed by atoms with Crippen molar-refractivity contribution in [2.24, 2.45) is 0 Å². The quantitative estimate of drug-likeness (QED) is 0.868. The Morgan fingerprint density at radius 1 is 1.37 bits per heavy atom. The lowest BCUT2D eigenvalue weighted by molar-refractivity contribution is -0.131. The van der Waals surface area contributed by atoms with Gasteiger partial charge in [0.25, 0.3) is 0 Å². The molecule has 0 aromatic heterocycles. The Morgan fingerprint density at radius 3 is 2.95 bits per heavy atom. The molecule has 1 aliphatic heterocycles. The SMILES string of the molecule is O=C(O)/C=C/c1ccc(N2CCCSCC2)c(Cl)c1. The van der Waals surface area contributed by atoms with Gasteiger partial charge in [-0.2, -0.15) is 11.8 Å². The Kier molecular flexibility index (Phi) is 5.16. The molecule has 1 N–H and O–H groups in total. The smallest absolute Gasteiger partial charge is 0.328 e. The minimum atomic E-state index is -0.954. The number of benzene rings is 1. The van der Waals surface area contributed by atoms with Gasteiger partial charge in [0.05, 0.1) is 10.7 Å². The topological polar surface area (TPSA) is 40.5 Å². The average Bonchev–Trinajstić information content (AvgIpc) is 2.65. The average molecular weight is 298 g/mol. The van der Waals surface area contributed by atoms with Crippen molar-refractivity contribution in [1.82, 2.24) is 0 Å². The summed E-state index contributed by atoms with van der Waals surface area (Å²) in [4.78, 5) is 12.8. The molecule has 0 bridgehead atoms. The van der Waals surface area contributed by atoms with Crippen molar-refractivity contribution in [3.63, 3.8) is 0 Å². The predicted octanol–water partition coefficient (Wildman–Crippen LogP) is 3.38. The monoisotopic (exact) mass is 297 g/mol. The summed E-state index contributed by atoms with van der Waals surface area (Å²) in [7, 11) is 0. The summed E-state index contributed by atoms with van der Waals surface area (Å²) in [5.74, 6) is 1.37. The molecule has 5 heteroatoms. The molecular formula is C14H16ClNO2S. The minimum absolute atomic E-state index is 0.680. The highest BCUT2D eigenvalue weighted by atomic mass is 35.5. The van der Waals surface area contributed by atoms with E-state index in [-0.39, 0.29) is 0 Å². The van der Waals surface area contributed by atoms with Crippen LogP contribution in [0.3, 0.4) is 0 Å². The molecular weight excluding hydrogens is 282 g/mol. The lowest BCUT2D eigenvalue weighted by Crippen LogP contribution is -2.25. The highest BCUT2D eigenvalue weighted by molar-refractivity contribution is 7.99. The molecule has 0 radical (unpaired) electrons. The number of hydrogen-bond acceptors (Lipinski definition) is 3. The van der Waals surface area contributed by atoms with Gasteiger partial charge in [-0.15, -0.1) is 0 Å². The third-order valence-electron chi connectivity index (χ3n) is 2.95. The fourth-order valence-corrected chi connectivity index (χ4v) is 3.23. The Morgan fingerprint density at radius 2 is 2.21 bits per heavy atom. The molecule has 0 spiro atoms. The molecule has 3 nitrogen and oxygen atoms in total. The van der Waals surface area contributed by atoms with Crippen LogP contribution in [-0.4, -0.2) is 35.7 Å². The fraction of sp³-hybridized carbons (Fsp3) is 0.357. The zero-order valence-corrected chi connectivity index (χ0v) is 12.1. The number of nitrogens with zero attached hydrogens (tertiary/aromatic N) is 1. The van der Waals surface area contributed by atoms with E-state index in [2.05, 4.69) is 4.90 Å². The number of hydrogen-bond donors (Lipinski definition) is 1. The Balaban J connectivity index is 2.16. The van der Waals surface area contributed by atoms with Crippen molar-refractivity contribution in [2.75, 3.05) is 29.5 Å². The van der Waals surface area contributed by atoms with Gasteiger partial charge in [-0.25, -0.2) is 4.79 Å². The maximum absolute atomic E-state index is 10.5. The van der Waals surface area contributed by atoms with Gasteiger partial charge in [-0.1, -0.05) is 17.7 Å². The summed E-state index contributed by atoms with van der Waals surface area (Å²) in [6.07, 6.45) is 3.84. The second-order valence-corrected chi connectivity index (χ2v) is 5.97. The molecule has 1 aromatic carbocycles. The molecule has 1 heterocycles. The van der Waals surface area contributed by atoms with E-state index in [9.17, 15) is 4.79 Å². The summed E-state index contributed by atoms with van der Waals surface area (Å²) in [6.45, 7) is 2.03. The van der Waals surface area contributed by atoms with Crippen LogP contribution >= 0.6 is 23.4 Å². The van der Waals surface area contributed by atoms with Crippen LogP contribution in [0.1, 0.15) is 12.0 Å². The first-order valence-corrected chi connectivity index (χ1v) is 7.73. The first kappa shape index (κ1) is 14.3. The molecule has 1 aliphatic rings. The number of halogens is 1. The van der Waals surface area contributed by atoms with Gasteiger partial charge in [0.1, 0.15) is 0 Å². The van der Waals surface area contributed by atoms with E-state index >= 15 is 0 Å². The number of carboxylic acids is 1. The lowest BCUT2D eigenvalue weighted by atomic mass is 10.1. The van der Waals surface area contributed by atoms with Crippen LogP contribution < -0.4 is 4.90 Å². The van der Waals surface area contributed by atoms with Crippen LogP contribution in [0, 0.1) is 0 Å². The Bertz CT molecular complexity index is 482. The third-order valence-corrected chi connectivity index (χ3v) is 4.30. The van der Waals surface area contributed by atoms with Crippen molar-refractivity contribution in [3.05, 3.63) is 34.9 Å². The van der Waals surface area contributed by atoms with Crippen LogP contribution in [0.2, 0.25) is 5.02 Å². The largest absolute Gasteiger partial charge is 0.478 e. The second kappa shape index (κ2) is 6.87. The first-order valence-electron chi connectivity index (χ1n) is 6.20. The van der Waals surface area contributed by atoms with Crippen molar-refractivity contribution >= 4 is 41.1 Å². The summed E-state index contributed by atoms with van der Waals surface area (Å²) < 4.78 is 0. The molecule has 1 fully saturated rings. The molecule has 19 heavy (non-hydrogen) atoms. The zero-order chi connectivity index (χ0) is 13.7. The Labute approximate surface area is 122 Å². The first-order chi connectivity index (χ1) is 9.16. The van der Waals surface area contributed by atoms with E-state index in [4.69, 9.17) is 16.7 Å². The van der Waals surface area contributed by atoms with Gasteiger partial charge < -0.3 is 10.0 Å². The molecule has 1 saturated heterocycles. The number of carbonyl (C=O) groups is 1. The van der Waals surface area contributed by atoms with E-state index in [0.29, 0.717) is 5.02 Å². The van der Waals surface area contributed by atoms with Crippen LogP contribution in [0.15, 0.2) is 24.3 Å². The van der Waals surface area contributed by atoms with Gasteiger partial charge in [0, 0.05) is 24.9 Å². The van der Waals surface area contributed by atoms with Crippen molar-refractivity contribution in [1.29, 1.82) is 0 Å². The van der Waals surface area contributed by atoms with Crippen LogP contribution in [0.4, 0.5) is 5.69 Å². The molecule has 0 aliphatic carbocycles. The molecule has 0 saturated carbocycles. The van der Waals surface area contributed by atoms with Crippen molar-refractivity contribution in [2.45, 2.75) is 6.42 Å². The molecule has 0 amide bonds. The van der Waals surface area contributed by atoms with E-state index in [0.717, 1.165) is 36.2 Å². The maximum atomic E-state index is 10.5. The van der Waals surface area contributed by atoms with Gasteiger partial charge in [-0.05, 0) is 35.9 Å². The standard InChI is InChI=1S/C14H16ClNO2S/c15-12-10-11(3-5-14(17)18)2-4-13(12)16-6-1-8-19-9-7-16/h2-5,10H,1,6-9H2,(H,17,18)/b5-3+. The maximum Gasteiger partial charge on any atom is 0.328 e. The minimum Gasteiger partial charge on any atom is -0.478 e. The van der Waals surface area contributed by atoms with Gasteiger partial charge >= 0.3 is 5.97 Å². The van der Waals surface area contributed by atoms with Gasteiger partial charge in [-0.3, -0.25) is 0 Å². The van der Waals surface area contributed by atoms with Gasteiger partial charge in [0.15, 0.2) is 0 Å². The zero-order valence-electron chi connectivity index (χ0n) is 10.5. The molecule has 1 aromatic rings. The lowest BCUT2D eigenvalue weighted by Gasteiger charge is -2.23. The third kappa shape index (κ3) is 4.18. The van der Waals surface area contributed by atoms with Gasteiger partial charge in [0.2, 0.25) is 0 Å². The summed E-state index contributed by atoms with van der Waals surface area (Å²) in [5, 5.41) is 9.28. The predicted molar refractivity (Wildman–Crippen MR) is 82.3 cm³/mol. The number of rotatable bonds is 3. The number of carboxylic acid groups (broad SMARTS) is 1. The second-order valence-electron chi connectivity index (χ2n) is 4.34. The van der Waals surface area contributed by atoms with Crippen LogP contribution in [0.25, 0.3) is 6.08 Å². The van der Waals surface area contributed by atoms with E-state index in [1.54, 1.807) is 6.08 Å². The molecule has 2 rings (SSSR count). The van der Waals surface area contributed by atoms with Crippen LogP contribution in [-0.2, 0) is 4.79 Å². The van der Waals surface area contributed by atoms with E-state index < -0.39 is 5.97 Å². The highest BCUT2D eigenvalue weighted by Gasteiger charge is 2.12. The van der Waals surface area contributed by atoms with Crippen LogP contribution in [0.5, 0.6) is 0 Å². The molecule has 102 valence electrons. The summed E-state index contributed by atoms with van der Waals surface area (Å²) in [6, 6.07) is 5.69. The molecule has 0 unspecified atom stereocenters. The summed E-state index contributed by atoms with van der Waals surface area (Å²) >= 11 is 8.27. The summed E-state index contributed by atoms with van der Waals surface area (Å²) in [5.41, 5.74) is 1.84. The van der Waals surface area contributed by atoms with E-state index in [1.807, 2.05) is 30.0 Å². The molecule has 0 atom stereocenters. The van der Waals surface area contributed by atoms with Crippen molar-refractivity contribution < 1.29 is 9.90 Å². The Hall–Kier alpha value is -1.13. The van der Waals surface area contributed by atoms with Crippen molar-refractivity contribution in [3.8, 4) is 0 Å². The number of anilines is 1. The number of thioether (sulfide) groups is 1. The normalized spacial score (nSPS) is 16.6. The highest BCUT2D eigenvalue weighted by Crippen LogP contribution is 2.29. The fourth-order valence-electron chi connectivity index (χ4n) is 2.04. The number of aliphatic carboxylic acids is 1. The van der Waals surface area contributed by atoms with E-state index in [1.165, 1.54) is 12.2 Å².